The Morgan fingerprint density at radius 2 is 1.85 bits per heavy atom. The number of furan rings is 1. The first kappa shape index (κ1) is 17.8. The predicted molar refractivity (Wildman–Crippen MR) is 104 cm³/mol. The number of hydrogen-bond donors (Lipinski definition) is 1. The average molecular weight is 348 g/mol. The zero-order valence-corrected chi connectivity index (χ0v) is 15.2. The molecule has 134 valence electrons. The zero-order valence-electron chi connectivity index (χ0n) is 15.2. The van der Waals surface area contributed by atoms with E-state index in [1.165, 1.54) is 11.1 Å². The predicted octanol–water partition coefficient (Wildman–Crippen LogP) is 5.17. The van der Waals surface area contributed by atoms with Crippen molar-refractivity contribution in [3.8, 4) is 0 Å². The van der Waals surface area contributed by atoms with E-state index in [9.17, 15) is 4.79 Å². The average Bonchev–Trinajstić information content (AvgIpc) is 3.15. The maximum absolute atomic E-state index is 12.9. The van der Waals surface area contributed by atoms with Crippen molar-refractivity contribution in [3.63, 3.8) is 0 Å². The van der Waals surface area contributed by atoms with Gasteiger partial charge in [-0.15, -0.1) is 0 Å². The van der Waals surface area contributed by atoms with Gasteiger partial charge in [0, 0.05) is 12.2 Å². The molecule has 3 aromatic rings. The van der Waals surface area contributed by atoms with Gasteiger partial charge in [0.1, 0.15) is 5.76 Å². The van der Waals surface area contributed by atoms with Crippen LogP contribution in [0, 0.1) is 13.8 Å². The van der Waals surface area contributed by atoms with Gasteiger partial charge >= 0.3 is 6.03 Å². The van der Waals surface area contributed by atoms with Gasteiger partial charge in [0.05, 0.1) is 12.8 Å². The fourth-order valence-electron chi connectivity index (χ4n) is 2.90. The molecule has 1 heterocycles. The van der Waals surface area contributed by atoms with Crippen molar-refractivity contribution < 1.29 is 9.21 Å². The Labute approximate surface area is 154 Å². The van der Waals surface area contributed by atoms with Gasteiger partial charge in [-0.25, -0.2) is 4.79 Å². The fraction of sp³-hybridized carbons (Fsp3) is 0.227. The smallest absolute Gasteiger partial charge is 0.322 e. The lowest BCUT2D eigenvalue weighted by atomic mass is 10.1. The fourth-order valence-corrected chi connectivity index (χ4v) is 2.90. The van der Waals surface area contributed by atoms with Gasteiger partial charge in [0.15, 0.2) is 0 Å². The van der Waals surface area contributed by atoms with E-state index in [1.54, 1.807) is 11.2 Å². The number of amides is 2. The Bertz CT molecular complexity index is 842. The summed E-state index contributed by atoms with van der Waals surface area (Å²) in [7, 11) is 0. The Morgan fingerprint density at radius 3 is 2.54 bits per heavy atom. The molecule has 0 aliphatic carbocycles. The largest absolute Gasteiger partial charge is 0.467 e. The summed E-state index contributed by atoms with van der Waals surface area (Å²) in [5.41, 5.74) is 4.28. The van der Waals surface area contributed by atoms with Gasteiger partial charge < -0.3 is 14.6 Å². The summed E-state index contributed by atoms with van der Waals surface area (Å²) >= 11 is 0. The molecule has 0 radical (unpaired) electrons. The number of carbonyl (C=O) groups is 1. The second-order valence-electron chi connectivity index (χ2n) is 6.49. The standard InChI is InChI=1S/C22H24N2O2/c1-17-10-11-21(18(2)15-17)23-22(25)24(16-20-9-6-14-26-20)13-12-19-7-4-3-5-8-19/h3-11,14-15H,12-13,16H2,1-2H3,(H,23,25). The first-order valence-electron chi connectivity index (χ1n) is 8.81. The number of benzene rings is 2. The van der Waals surface area contributed by atoms with E-state index in [0.29, 0.717) is 13.1 Å². The second-order valence-corrected chi connectivity index (χ2v) is 6.49. The lowest BCUT2D eigenvalue weighted by Gasteiger charge is -2.23. The summed E-state index contributed by atoms with van der Waals surface area (Å²) in [6.45, 7) is 5.10. The van der Waals surface area contributed by atoms with Gasteiger partial charge in [-0.05, 0) is 49.6 Å². The Kier molecular flexibility index (Phi) is 5.74. The quantitative estimate of drug-likeness (QED) is 0.668. The summed E-state index contributed by atoms with van der Waals surface area (Å²) in [6, 6.07) is 19.8. The third-order valence-electron chi connectivity index (χ3n) is 4.35. The first-order chi connectivity index (χ1) is 12.6. The van der Waals surface area contributed by atoms with Crippen molar-refractivity contribution in [1.29, 1.82) is 0 Å². The summed E-state index contributed by atoms with van der Waals surface area (Å²) in [5.74, 6) is 0.772. The number of rotatable bonds is 6. The van der Waals surface area contributed by atoms with Crippen LogP contribution in [-0.4, -0.2) is 17.5 Å². The number of urea groups is 1. The van der Waals surface area contributed by atoms with Crippen molar-refractivity contribution in [3.05, 3.63) is 89.4 Å². The number of carbonyl (C=O) groups excluding carboxylic acids is 1. The molecule has 0 bridgehead atoms. The van der Waals surface area contributed by atoms with Crippen LogP contribution in [0.1, 0.15) is 22.5 Å². The van der Waals surface area contributed by atoms with E-state index in [1.807, 2.05) is 56.3 Å². The van der Waals surface area contributed by atoms with Crippen LogP contribution in [0.15, 0.2) is 71.3 Å². The lowest BCUT2D eigenvalue weighted by molar-refractivity contribution is 0.205. The summed E-state index contributed by atoms with van der Waals surface area (Å²) in [6.07, 6.45) is 2.43. The molecule has 3 rings (SSSR count). The normalized spacial score (nSPS) is 10.5. The molecular formula is C22H24N2O2. The van der Waals surface area contributed by atoms with Gasteiger partial charge in [-0.3, -0.25) is 0 Å². The van der Waals surface area contributed by atoms with Crippen LogP contribution in [0.3, 0.4) is 0 Å². The van der Waals surface area contributed by atoms with E-state index < -0.39 is 0 Å². The number of anilines is 1. The van der Waals surface area contributed by atoms with Gasteiger partial charge in [0.25, 0.3) is 0 Å². The van der Waals surface area contributed by atoms with E-state index in [-0.39, 0.29) is 6.03 Å². The third kappa shape index (κ3) is 4.76. The molecule has 2 amide bonds. The molecule has 26 heavy (non-hydrogen) atoms. The molecule has 0 aliphatic heterocycles. The summed E-state index contributed by atoms with van der Waals surface area (Å²) in [5, 5.41) is 3.03. The second kappa shape index (κ2) is 8.39. The van der Waals surface area contributed by atoms with Crippen LogP contribution in [0.5, 0.6) is 0 Å². The molecule has 0 saturated heterocycles. The molecule has 0 atom stereocenters. The Balaban J connectivity index is 1.71. The highest BCUT2D eigenvalue weighted by atomic mass is 16.3. The molecule has 0 fully saturated rings. The number of aryl methyl sites for hydroxylation is 2. The van der Waals surface area contributed by atoms with Crippen molar-refractivity contribution in [2.75, 3.05) is 11.9 Å². The number of nitrogens with zero attached hydrogens (tertiary/aromatic N) is 1. The van der Waals surface area contributed by atoms with Crippen LogP contribution in [0.25, 0.3) is 0 Å². The summed E-state index contributed by atoms with van der Waals surface area (Å²) in [4.78, 5) is 14.7. The van der Waals surface area contributed by atoms with E-state index >= 15 is 0 Å². The molecule has 0 aliphatic rings. The van der Waals surface area contributed by atoms with Crippen LogP contribution in [0.4, 0.5) is 10.5 Å². The molecule has 1 aromatic heterocycles. The SMILES string of the molecule is Cc1ccc(NC(=O)N(CCc2ccccc2)Cc2ccco2)c(C)c1. The highest BCUT2D eigenvalue weighted by Gasteiger charge is 2.16. The highest BCUT2D eigenvalue weighted by Crippen LogP contribution is 2.17. The maximum Gasteiger partial charge on any atom is 0.322 e. The van der Waals surface area contributed by atoms with Gasteiger partial charge in [0.2, 0.25) is 0 Å². The van der Waals surface area contributed by atoms with Crippen molar-refractivity contribution >= 4 is 11.7 Å². The monoisotopic (exact) mass is 348 g/mol. The minimum absolute atomic E-state index is 0.121. The molecule has 2 aromatic carbocycles. The van der Waals surface area contributed by atoms with Crippen molar-refractivity contribution in [1.82, 2.24) is 4.90 Å². The molecule has 0 saturated carbocycles. The minimum Gasteiger partial charge on any atom is -0.467 e. The molecule has 1 N–H and O–H groups in total. The number of nitrogens with one attached hydrogen (secondary N) is 1. The molecule has 0 spiro atoms. The molecular weight excluding hydrogens is 324 g/mol. The molecule has 0 unspecified atom stereocenters. The van der Waals surface area contributed by atoms with Crippen LogP contribution >= 0.6 is 0 Å². The first-order valence-corrected chi connectivity index (χ1v) is 8.81. The molecule has 4 nitrogen and oxygen atoms in total. The zero-order chi connectivity index (χ0) is 18.4. The van der Waals surface area contributed by atoms with E-state index in [4.69, 9.17) is 4.42 Å². The maximum atomic E-state index is 12.9. The van der Waals surface area contributed by atoms with E-state index in [2.05, 4.69) is 23.5 Å². The summed E-state index contributed by atoms with van der Waals surface area (Å²) < 4.78 is 5.43. The Hall–Kier alpha value is -3.01. The van der Waals surface area contributed by atoms with Gasteiger partial charge in [-0.1, -0.05) is 48.0 Å². The van der Waals surface area contributed by atoms with Gasteiger partial charge in [-0.2, -0.15) is 0 Å². The number of hydrogen-bond acceptors (Lipinski definition) is 2. The van der Waals surface area contributed by atoms with Crippen LogP contribution in [-0.2, 0) is 13.0 Å². The van der Waals surface area contributed by atoms with E-state index in [0.717, 1.165) is 23.4 Å². The van der Waals surface area contributed by atoms with Crippen LogP contribution in [0.2, 0.25) is 0 Å². The van der Waals surface area contributed by atoms with Crippen molar-refractivity contribution in [2.24, 2.45) is 0 Å². The minimum atomic E-state index is -0.121. The molecule has 4 heteroatoms. The topological polar surface area (TPSA) is 45.5 Å². The highest BCUT2D eigenvalue weighted by molar-refractivity contribution is 5.90. The van der Waals surface area contributed by atoms with Crippen molar-refractivity contribution in [2.45, 2.75) is 26.8 Å². The van der Waals surface area contributed by atoms with Crippen LogP contribution < -0.4 is 5.32 Å². The lowest BCUT2D eigenvalue weighted by Crippen LogP contribution is -2.36. The third-order valence-corrected chi connectivity index (χ3v) is 4.35. The Morgan fingerprint density at radius 1 is 1.04 bits per heavy atom.